The largest absolute Gasteiger partial charge is 0.461 e. The van der Waals surface area contributed by atoms with Crippen molar-refractivity contribution in [3.63, 3.8) is 0 Å². The first-order chi connectivity index (χ1) is 13.3. The van der Waals surface area contributed by atoms with Gasteiger partial charge in [-0.1, -0.05) is 30.3 Å². The maximum Gasteiger partial charge on any atom is 0.461 e. The van der Waals surface area contributed by atoms with Crippen molar-refractivity contribution in [1.29, 1.82) is 0 Å². The lowest BCUT2D eigenvalue weighted by molar-refractivity contribution is -0.253. The standard InChI is InChI=1S/C17H17F4NO5S2/c18-16(19)17(20,21)27-14-7-5-12(6-8-14)9-10-28(23,24)11-13-3-1-2-4-15(13)29(22,25)26/h1-8,16H,9-11H2,(H2,22,25,26). The van der Waals surface area contributed by atoms with Gasteiger partial charge in [0.05, 0.1) is 16.4 Å². The van der Waals surface area contributed by atoms with Crippen LogP contribution in [0.25, 0.3) is 0 Å². The van der Waals surface area contributed by atoms with Gasteiger partial charge in [0.15, 0.2) is 9.84 Å². The van der Waals surface area contributed by atoms with Gasteiger partial charge in [0, 0.05) is 0 Å². The molecule has 2 aromatic carbocycles. The highest BCUT2D eigenvalue weighted by molar-refractivity contribution is 7.91. The van der Waals surface area contributed by atoms with Gasteiger partial charge in [0.25, 0.3) is 0 Å². The third-order valence-corrected chi connectivity index (χ3v) is 6.38. The van der Waals surface area contributed by atoms with Crippen LogP contribution in [-0.2, 0) is 32.0 Å². The Kier molecular flexibility index (Phi) is 6.91. The van der Waals surface area contributed by atoms with Crippen LogP contribution in [0, 0.1) is 0 Å². The molecule has 0 fully saturated rings. The smallest absolute Gasteiger partial charge is 0.428 e. The van der Waals surface area contributed by atoms with Crippen molar-refractivity contribution in [2.45, 2.75) is 29.6 Å². The SMILES string of the molecule is NS(=O)(=O)c1ccccc1CS(=O)(=O)CCc1ccc(OC(F)(F)C(F)F)cc1. The van der Waals surface area contributed by atoms with Crippen LogP contribution in [0.2, 0.25) is 0 Å². The second kappa shape index (κ2) is 8.67. The lowest BCUT2D eigenvalue weighted by atomic mass is 10.2. The quantitative estimate of drug-likeness (QED) is 0.586. The van der Waals surface area contributed by atoms with E-state index in [1.807, 2.05) is 0 Å². The van der Waals surface area contributed by atoms with E-state index in [1.165, 1.54) is 36.4 Å². The molecule has 0 radical (unpaired) electrons. The topological polar surface area (TPSA) is 104 Å². The molecular formula is C17H17F4NO5S2. The molecule has 0 aliphatic carbocycles. The Morgan fingerprint density at radius 3 is 2.10 bits per heavy atom. The van der Waals surface area contributed by atoms with Crippen LogP contribution in [0.4, 0.5) is 17.6 Å². The maximum absolute atomic E-state index is 12.9. The van der Waals surface area contributed by atoms with E-state index in [0.717, 1.165) is 12.1 Å². The lowest BCUT2D eigenvalue weighted by Crippen LogP contribution is -2.33. The zero-order chi connectivity index (χ0) is 21.9. The van der Waals surface area contributed by atoms with Crippen molar-refractivity contribution < 1.29 is 39.1 Å². The number of primary sulfonamides is 1. The second-order valence-electron chi connectivity index (χ2n) is 6.10. The molecule has 0 bridgehead atoms. The Labute approximate surface area is 165 Å². The molecule has 29 heavy (non-hydrogen) atoms. The summed E-state index contributed by atoms with van der Waals surface area (Å²) in [5.41, 5.74) is 0.467. The zero-order valence-corrected chi connectivity index (χ0v) is 16.4. The molecule has 2 aromatic rings. The number of sulfone groups is 1. The van der Waals surface area contributed by atoms with Gasteiger partial charge in [-0.15, -0.1) is 0 Å². The summed E-state index contributed by atoms with van der Waals surface area (Å²) in [6.45, 7) is 0. The summed E-state index contributed by atoms with van der Waals surface area (Å²) in [5, 5.41) is 5.08. The van der Waals surface area contributed by atoms with E-state index >= 15 is 0 Å². The average molecular weight is 455 g/mol. The molecule has 0 spiro atoms. The van der Waals surface area contributed by atoms with Crippen molar-refractivity contribution in [3.05, 3.63) is 59.7 Å². The maximum atomic E-state index is 12.9. The number of hydrogen-bond acceptors (Lipinski definition) is 5. The van der Waals surface area contributed by atoms with E-state index in [4.69, 9.17) is 5.14 Å². The van der Waals surface area contributed by atoms with Crippen LogP contribution in [0.3, 0.4) is 0 Å². The van der Waals surface area contributed by atoms with Gasteiger partial charge in [0.1, 0.15) is 5.75 Å². The number of alkyl halides is 4. The summed E-state index contributed by atoms with van der Waals surface area (Å²) < 4.78 is 102. The van der Waals surface area contributed by atoms with Crippen LogP contribution in [0.1, 0.15) is 11.1 Å². The van der Waals surface area contributed by atoms with Crippen LogP contribution < -0.4 is 9.88 Å². The van der Waals surface area contributed by atoms with Crippen LogP contribution in [-0.4, -0.2) is 35.1 Å². The van der Waals surface area contributed by atoms with Crippen molar-refractivity contribution in [1.82, 2.24) is 0 Å². The van der Waals surface area contributed by atoms with Gasteiger partial charge in [-0.25, -0.2) is 22.0 Å². The van der Waals surface area contributed by atoms with E-state index in [1.54, 1.807) is 0 Å². The minimum atomic E-state index is -4.64. The Bertz CT molecular complexity index is 1060. The zero-order valence-electron chi connectivity index (χ0n) is 14.8. The van der Waals surface area contributed by atoms with Gasteiger partial charge in [-0.05, 0) is 35.7 Å². The fourth-order valence-corrected chi connectivity index (χ4v) is 4.69. The Morgan fingerprint density at radius 2 is 1.55 bits per heavy atom. The number of benzene rings is 2. The van der Waals surface area contributed by atoms with Gasteiger partial charge in [0.2, 0.25) is 10.0 Å². The molecule has 0 aliphatic rings. The predicted octanol–water partition coefficient (Wildman–Crippen LogP) is 2.73. The number of sulfonamides is 1. The molecule has 2 N–H and O–H groups in total. The summed E-state index contributed by atoms with van der Waals surface area (Å²) in [6.07, 6.45) is -8.64. The molecule has 0 saturated carbocycles. The summed E-state index contributed by atoms with van der Waals surface area (Å²) in [5.74, 6) is -1.41. The van der Waals surface area contributed by atoms with Crippen LogP contribution >= 0.6 is 0 Å². The first-order valence-corrected chi connectivity index (χ1v) is 11.4. The van der Waals surface area contributed by atoms with E-state index in [2.05, 4.69) is 4.74 Å². The monoisotopic (exact) mass is 455 g/mol. The highest BCUT2D eigenvalue weighted by atomic mass is 32.2. The average Bonchev–Trinajstić information content (AvgIpc) is 2.60. The molecule has 160 valence electrons. The number of aryl methyl sites for hydroxylation is 1. The second-order valence-corrected chi connectivity index (χ2v) is 9.82. The molecule has 0 aromatic heterocycles. The van der Waals surface area contributed by atoms with Crippen molar-refractivity contribution in [2.75, 3.05) is 5.75 Å². The first kappa shape index (κ1) is 23.1. The number of hydrogen-bond donors (Lipinski definition) is 1. The Balaban J connectivity index is 2.05. The minimum absolute atomic E-state index is 0.00854. The third-order valence-electron chi connectivity index (χ3n) is 3.79. The molecular weight excluding hydrogens is 438 g/mol. The summed E-state index contributed by atoms with van der Waals surface area (Å²) >= 11 is 0. The van der Waals surface area contributed by atoms with Crippen LogP contribution in [0.5, 0.6) is 5.75 Å². The highest BCUT2D eigenvalue weighted by Crippen LogP contribution is 2.27. The molecule has 0 atom stereocenters. The molecule has 2 rings (SSSR count). The predicted molar refractivity (Wildman–Crippen MR) is 97.0 cm³/mol. The van der Waals surface area contributed by atoms with Crippen molar-refractivity contribution in [3.8, 4) is 5.75 Å². The van der Waals surface area contributed by atoms with Crippen LogP contribution in [0.15, 0.2) is 53.4 Å². The first-order valence-electron chi connectivity index (χ1n) is 8.05. The fraction of sp³-hybridized carbons (Fsp3) is 0.294. The highest BCUT2D eigenvalue weighted by Gasteiger charge is 2.43. The molecule has 0 aliphatic heterocycles. The summed E-state index contributed by atoms with van der Waals surface area (Å²) in [4.78, 5) is -0.287. The van der Waals surface area contributed by atoms with Gasteiger partial charge < -0.3 is 4.74 Å². The Morgan fingerprint density at radius 1 is 0.966 bits per heavy atom. The van der Waals surface area contributed by atoms with E-state index in [0.29, 0.717) is 5.56 Å². The summed E-state index contributed by atoms with van der Waals surface area (Å²) in [7, 11) is -7.83. The number of ether oxygens (including phenoxy) is 1. The lowest BCUT2D eigenvalue weighted by Gasteiger charge is -2.16. The Hall–Kier alpha value is -2.18. The number of rotatable bonds is 9. The van der Waals surface area contributed by atoms with Gasteiger partial charge in [-0.2, -0.15) is 17.6 Å². The fourth-order valence-electron chi connectivity index (χ4n) is 2.41. The number of nitrogens with two attached hydrogens (primary N) is 1. The third kappa shape index (κ3) is 6.68. The van der Waals surface area contributed by atoms with Gasteiger partial charge in [-0.3, -0.25) is 0 Å². The normalized spacial score (nSPS) is 12.9. The molecule has 6 nitrogen and oxygen atoms in total. The van der Waals surface area contributed by atoms with E-state index in [-0.39, 0.29) is 22.6 Å². The van der Waals surface area contributed by atoms with Crippen molar-refractivity contribution in [2.24, 2.45) is 5.14 Å². The minimum Gasteiger partial charge on any atom is -0.428 e. The van der Waals surface area contributed by atoms with Gasteiger partial charge >= 0.3 is 12.5 Å². The molecule has 0 heterocycles. The van der Waals surface area contributed by atoms with E-state index < -0.39 is 43.9 Å². The molecule has 0 saturated heterocycles. The number of halogens is 4. The summed E-state index contributed by atoms with van der Waals surface area (Å²) in [6, 6.07) is 10.0. The molecule has 0 unspecified atom stereocenters. The molecule has 0 amide bonds. The molecule has 12 heteroatoms. The van der Waals surface area contributed by atoms with E-state index in [9.17, 15) is 34.4 Å². The van der Waals surface area contributed by atoms with Crippen molar-refractivity contribution >= 4 is 19.9 Å².